The number of amides is 2. The Morgan fingerprint density at radius 2 is 1.80 bits per heavy atom. The molecule has 0 spiro atoms. The van der Waals surface area contributed by atoms with Crippen LogP contribution in [0.5, 0.6) is 0 Å². The van der Waals surface area contributed by atoms with Crippen molar-refractivity contribution < 1.29 is 38.1 Å². The molecule has 17 heteroatoms. The molecule has 5 rings (SSSR count). The Balaban J connectivity index is 0.000000223. The third-order valence-electron chi connectivity index (χ3n) is 6.29. The number of hydrogen-bond acceptors (Lipinski definition) is 11. The van der Waals surface area contributed by atoms with Crippen molar-refractivity contribution in [3.63, 3.8) is 0 Å². The van der Waals surface area contributed by atoms with Crippen LogP contribution < -0.4 is 11.1 Å². The van der Waals surface area contributed by atoms with Crippen molar-refractivity contribution in [2.24, 2.45) is 5.73 Å². The van der Waals surface area contributed by atoms with Crippen LogP contribution in [0.15, 0.2) is 72.0 Å². The minimum Gasteiger partial charge on any atom is -0.394 e. The van der Waals surface area contributed by atoms with E-state index in [2.05, 4.69) is 20.4 Å². The summed E-state index contributed by atoms with van der Waals surface area (Å²) in [6, 6.07) is 14.5. The summed E-state index contributed by atoms with van der Waals surface area (Å²) in [7, 11) is -3.41. The van der Waals surface area contributed by atoms with E-state index in [9.17, 15) is 28.2 Å². The molecule has 2 amide bonds. The van der Waals surface area contributed by atoms with E-state index >= 15 is 0 Å². The van der Waals surface area contributed by atoms with Crippen molar-refractivity contribution in [3.8, 4) is 11.3 Å². The van der Waals surface area contributed by atoms with Crippen LogP contribution in [-0.2, 0) is 14.6 Å². The Morgan fingerprint density at radius 1 is 1.05 bits per heavy atom. The number of pyridine rings is 1. The first-order chi connectivity index (χ1) is 20.8. The number of nitrogens with zero attached hydrogens (tertiary/aromatic N) is 4. The van der Waals surface area contributed by atoms with Gasteiger partial charge in [-0.05, 0) is 48.5 Å². The van der Waals surface area contributed by atoms with Gasteiger partial charge < -0.3 is 31.1 Å². The van der Waals surface area contributed by atoms with Crippen molar-refractivity contribution in [2.45, 2.75) is 29.4 Å². The molecule has 2 aromatic heterocycles. The molecule has 1 fully saturated rings. The number of carbonyl (C=O) groups excluding carboxylic acids is 2. The van der Waals surface area contributed by atoms with E-state index in [-0.39, 0.29) is 21.3 Å². The second kappa shape index (κ2) is 13.8. The lowest BCUT2D eigenvalue weighted by molar-refractivity contribution is -0.0588. The highest BCUT2D eigenvalue weighted by molar-refractivity contribution is 7.90. The Morgan fingerprint density at radius 3 is 2.36 bits per heavy atom. The minimum atomic E-state index is -3.41. The maximum absolute atomic E-state index is 12.5. The fourth-order valence-electron chi connectivity index (χ4n) is 4.04. The van der Waals surface area contributed by atoms with Crippen molar-refractivity contribution >= 4 is 50.5 Å². The van der Waals surface area contributed by atoms with Crippen molar-refractivity contribution in [1.82, 2.24) is 19.7 Å². The highest BCUT2D eigenvalue weighted by Crippen LogP contribution is 2.30. The topological polar surface area (TPSA) is 220 Å². The molecule has 6 N–H and O–H groups in total. The molecule has 0 saturated carbocycles. The smallest absolute Gasteiger partial charge is 0.288 e. The highest BCUT2D eigenvalue weighted by Gasteiger charge is 2.44. The molecule has 0 aliphatic carbocycles. The number of nitrogens with one attached hydrogen (secondary N) is 1. The van der Waals surface area contributed by atoms with Crippen molar-refractivity contribution in [1.29, 1.82) is 0 Å². The Labute approximate surface area is 261 Å². The van der Waals surface area contributed by atoms with Gasteiger partial charge in [0.25, 0.3) is 11.8 Å². The molecule has 0 unspecified atom stereocenters. The zero-order valence-corrected chi connectivity index (χ0v) is 25.1. The quantitative estimate of drug-likeness (QED) is 0.191. The number of aliphatic hydroxyl groups is 3. The standard InChI is InChI=1S/C19H14Cl2N2O3S.C8H12N4O5/c1-27(25,26)13-6-7-14(17(21)11-13)19(24)23-12-5-8-16(20)15(10-12)18-4-2-3-9-22-18;9-6(16)7-10-2-12(11-7)8-5(15)4(14)3(1-13)17-8/h2-11H,1H3,(H,23,24);2-5,8,13-15H,1H2,(H2,9,16)/t;3-,4-,5-,8-/m.1/s1. The molecule has 1 saturated heterocycles. The molecule has 0 radical (unpaired) electrons. The minimum absolute atomic E-state index is 0.0491. The zero-order chi connectivity index (χ0) is 32.2. The van der Waals surface area contributed by atoms with Gasteiger partial charge in [-0.15, -0.1) is 5.10 Å². The van der Waals surface area contributed by atoms with Gasteiger partial charge in [-0.1, -0.05) is 29.3 Å². The molecule has 1 aliphatic heterocycles. The van der Waals surface area contributed by atoms with Crippen LogP contribution in [0.3, 0.4) is 0 Å². The summed E-state index contributed by atoms with van der Waals surface area (Å²) in [4.78, 5) is 31.2. The SMILES string of the molecule is CS(=O)(=O)c1ccc(C(=O)Nc2ccc(Cl)c(-c3ccccn3)c2)c(Cl)c1.NC(=O)c1ncn([C@@H]2O[C@H](CO)[C@@H](O)[C@H]2O)n1. The number of rotatable bonds is 7. The van der Waals surface area contributed by atoms with Gasteiger partial charge >= 0.3 is 0 Å². The molecular weight excluding hydrogens is 639 g/mol. The number of sulfone groups is 1. The number of halogens is 2. The molecule has 4 aromatic rings. The fraction of sp³-hybridized carbons (Fsp3) is 0.222. The van der Waals surface area contributed by atoms with E-state index in [0.717, 1.165) is 17.3 Å². The molecule has 1 aliphatic rings. The van der Waals surface area contributed by atoms with Crippen LogP contribution in [0.4, 0.5) is 5.69 Å². The second-order valence-electron chi connectivity index (χ2n) is 9.42. The van der Waals surface area contributed by atoms with E-state index < -0.39 is 52.8 Å². The molecule has 3 heterocycles. The number of anilines is 1. The van der Waals surface area contributed by atoms with Gasteiger partial charge in [0.05, 0.1) is 32.8 Å². The summed E-state index contributed by atoms with van der Waals surface area (Å²) < 4.78 is 29.4. The maximum Gasteiger partial charge on any atom is 0.288 e. The molecule has 232 valence electrons. The number of nitrogens with two attached hydrogens (primary N) is 1. The maximum atomic E-state index is 12.5. The average Bonchev–Trinajstić information content (AvgIpc) is 3.59. The number of benzene rings is 2. The molecule has 0 bridgehead atoms. The lowest BCUT2D eigenvalue weighted by Crippen LogP contribution is -2.33. The van der Waals surface area contributed by atoms with Crippen LogP contribution >= 0.6 is 23.2 Å². The van der Waals surface area contributed by atoms with E-state index in [1.165, 1.54) is 18.2 Å². The van der Waals surface area contributed by atoms with Gasteiger partial charge in [0.2, 0.25) is 5.82 Å². The molecular formula is C27H26Cl2N6O8S. The first kappa shape index (κ1) is 32.9. The first-order valence-corrected chi connectivity index (χ1v) is 15.3. The largest absolute Gasteiger partial charge is 0.394 e. The second-order valence-corrected chi connectivity index (χ2v) is 12.2. The normalized spacial score (nSPS) is 19.6. The zero-order valence-electron chi connectivity index (χ0n) is 22.8. The molecule has 14 nitrogen and oxygen atoms in total. The predicted molar refractivity (Wildman–Crippen MR) is 159 cm³/mol. The summed E-state index contributed by atoms with van der Waals surface area (Å²) in [5.74, 6) is -1.49. The Bertz CT molecular complexity index is 1770. The van der Waals surface area contributed by atoms with Gasteiger partial charge in [-0.3, -0.25) is 14.6 Å². The first-order valence-electron chi connectivity index (χ1n) is 12.7. The predicted octanol–water partition coefficient (Wildman–Crippen LogP) is 1.70. The van der Waals surface area contributed by atoms with Crippen LogP contribution in [0.1, 0.15) is 27.2 Å². The highest BCUT2D eigenvalue weighted by atomic mass is 35.5. The Hall–Kier alpha value is -3.96. The van der Waals surface area contributed by atoms with Crippen LogP contribution in [0, 0.1) is 0 Å². The third kappa shape index (κ3) is 7.57. The lowest BCUT2D eigenvalue weighted by atomic mass is 10.1. The Kier molecular flexibility index (Phi) is 10.3. The van der Waals surface area contributed by atoms with Crippen molar-refractivity contribution in [3.05, 3.63) is 88.6 Å². The van der Waals surface area contributed by atoms with Gasteiger partial charge in [-0.2, -0.15) is 0 Å². The van der Waals surface area contributed by atoms with Crippen molar-refractivity contribution in [2.75, 3.05) is 18.2 Å². The van der Waals surface area contributed by atoms with Crippen LogP contribution in [0.25, 0.3) is 11.3 Å². The van der Waals surface area contributed by atoms with Crippen LogP contribution in [-0.4, -0.2) is 86.5 Å². The summed E-state index contributed by atoms with van der Waals surface area (Å²) >= 11 is 12.3. The molecule has 44 heavy (non-hydrogen) atoms. The summed E-state index contributed by atoms with van der Waals surface area (Å²) in [6.45, 7) is -0.438. The average molecular weight is 666 g/mol. The molecule has 2 aromatic carbocycles. The number of ether oxygens (including phenoxy) is 1. The summed E-state index contributed by atoms with van der Waals surface area (Å²) in [5, 5.41) is 35.1. The summed E-state index contributed by atoms with van der Waals surface area (Å²) in [6.07, 6.45) is -0.536. The lowest BCUT2D eigenvalue weighted by Gasteiger charge is -2.13. The van der Waals surface area contributed by atoms with Gasteiger partial charge in [0.1, 0.15) is 24.6 Å². The van der Waals surface area contributed by atoms with E-state index in [1.807, 2.05) is 12.1 Å². The van der Waals surface area contributed by atoms with Crippen LogP contribution in [0.2, 0.25) is 10.0 Å². The van der Waals surface area contributed by atoms with Gasteiger partial charge in [0, 0.05) is 23.7 Å². The number of aliphatic hydroxyl groups excluding tert-OH is 3. The summed E-state index contributed by atoms with van der Waals surface area (Å²) in [5.41, 5.74) is 6.99. The number of primary amides is 1. The fourth-order valence-corrected chi connectivity index (χ4v) is 5.23. The molecule has 4 atom stereocenters. The van der Waals surface area contributed by atoms with E-state index in [1.54, 1.807) is 30.5 Å². The van der Waals surface area contributed by atoms with E-state index in [4.69, 9.17) is 38.8 Å². The van der Waals surface area contributed by atoms with E-state index in [0.29, 0.717) is 22.0 Å². The number of aromatic nitrogens is 4. The third-order valence-corrected chi connectivity index (χ3v) is 8.04. The van der Waals surface area contributed by atoms with Gasteiger partial charge in [-0.25, -0.2) is 18.1 Å². The monoisotopic (exact) mass is 664 g/mol. The number of carbonyl (C=O) groups is 2. The van der Waals surface area contributed by atoms with Gasteiger partial charge in [0.15, 0.2) is 16.1 Å². The number of hydrogen-bond donors (Lipinski definition) is 5.